The first-order valence-corrected chi connectivity index (χ1v) is 10.5. The van der Waals surface area contributed by atoms with E-state index in [4.69, 9.17) is 9.84 Å². The highest BCUT2D eigenvalue weighted by Gasteiger charge is 2.24. The van der Waals surface area contributed by atoms with Crippen LogP contribution in [0.25, 0.3) is 0 Å². The number of nitrogens with zero attached hydrogens (tertiary/aromatic N) is 1. The van der Waals surface area contributed by atoms with E-state index < -0.39 is 5.97 Å². The normalized spacial score (nSPS) is 12.6. The Bertz CT molecular complexity index is 1200. The summed E-state index contributed by atoms with van der Waals surface area (Å²) in [7, 11) is 0. The van der Waals surface area contributed by atoms with E-state index >= 15 is 0 Å². The lowest BCUT2D eigenvalue weighted by molar-refractivity contribution is 0.0689. The van der Waals surface area contributed by atoms with Gasteiger partial charge in [-0.05, 0) is 73.9 Å². The predicted molar refractivity (Wildman–Crippen MR) is 122 cm³/mol. The number of rotatable bonds is 8. The number of carboxylic acids is 1. The number of amides is 2. The van der Waals surface area contributed by atoms with Gasteiger partial charge in [-0.2, -0.15) is 0 Å². The number of carboxylic acid groups (broad SMARTS) is 1. The zero-order valence-corrected chi connectivity index (χ0v) is 18.0. The number of benzene rings is 2. The summed E-state index contributed by atoms with van der Waals surface area (Å²) >= 11 is 0. The van der Waals surface area contributed by atoms with E-state index in [1.54, 1.807) is 48.5 Å². The summed E-state index contributed by atoms with van der Waals surface area (Å²) in [5.41, 5.74) is 2.80. The molecule has 0 bridgehead atoms. The van der Waals surface area contributed by atoms with Gasteiger partial charge in [0, 0.05) is 22.9 Å². The average molecular weight is 445 g/mol. The lowest BCUT2D eigenvalue weighted by Crippen LogP contribution is -2.25. The van der Waals surface area contributed by atoms with Crippen molar-refractivity contribution in [1.29, 1.82) is 0 Å². The van der Waals surface area contributed by atoms with Crippen LogP contribution in [0.3, 0.4) is 0 Å². The smallest absolute Gasteiger partial charge is 0.354 e. The summed E-state index contributed by atoms with van der Waals surface area (Å²) in [4.78, 5) is 40.0. The first-order chi connectivity index (χ1) is 15.9. The molecule has 33 heavy (non-hydrogen) atoms. The van der Waals surface area contributed by atoms with Crippen molar-refractivity contribution < 1.29 is 24.2 Å². The summed E-state index contributed by atoms with van der Waals surface area (Å²) < 4.78 is 5.65. The Morgan fingerprint density at radius 1 is 1.00 bits per heavy atom. The Kier molecular flexibility index (Phi) is 6.35. The molecular formula is C25H23N3O5. The summed E-state index contributed by atoms with van der Waals surface area (Å²) in [5, 5.41) is 14.8. The van der Waals surface area contributed by atoms with Crippen LogP contribution in [0, 0.1) is 6.92 Å². The molecular weight excluding hydrogens is 422 g/mol. The van der Waals surface area contributed by atoms with Crippen LogP contribution >= 0.6 is 0 Å². The van der Waals surface area contributed by atoms with Crippen LogP contribution < -0.4 is 15.4 Å². The molecule has 4 rings (SSSR count). The fraction of sp³-hybridized carbons (Fsp3) is 0.200. The Morgan fingerprint density at radius 3 is 2.42 bits per heavy atom. The van der Waals surface area contributed by atoms with Gasteiger partial charge in [-0.25, -0.2) is 9.78 Å². The molecule has 1 saturated carbocycles. The number of anilines is 1. The molecule has 0 aliphatic heterocycles. The van der Waals surface area contributed by atoms with E-state index in [0.29, 0.717) is 28.3 Å². The Labute approximate surface area is 190 Å². The largest absolute Gasteiger partial charge is 0.487 e. The standard InChI is InChI=1S/C25H23N3O5/c1-15-5-6-17(24(30)27-18-9-10-18)13-22(15)28-23(29)16-7-11-20(12-8-16)33-14-19-3-2-4-21(26-19)25(31)32/h2-8,11-13,18H,9-10,14H2,1H3,(H,27,30)(H,28,29)(H,31,32). The minimum absolute atomic E-state index is 0.0486. The zero-order valence-electron chi connectivity index (χ0n) is 18.0. The van der Waals surface area contributed by atoms with E-state index in [-0.39, 0.29) is 30.2 Å². The fourth-order valence-electron chi connectivity index (χ4n) is 3.13. The molecule has 0 unspecified atom stereocenters. The van der Waals surface area contributed by atoms with Crippen molar-refractivity contribution in [1.82, 2.24) is 10.3 Å². The maximum Gasteiger partial charge on any atom is 0.354 e. The summed E-state index contributed by atoms with van der Waals surface area (Å²) in [6, 6.07) is 16.8. The SMILES string of the molecule is Cc1ccc(C(=O)NC2CC2)cc1NC(=O)c1ccc(OCc2cccc(C(=O)O)n2)cc1. The van der Waals surface area contributed by atoms with Gasteiger partial charge in [-0.15, -0.1) is 0 Å². The molecule has 8 nitrogen and oxygen atoms in total. The van der Waals surface area contributed by atoms with Gasteiger partial charge in [0.05, 0.1) is 5.69 Å². The number of aromatic carboxylic acids is 1. The molecule has 0 spiro atoms. The molecule has 1 aliphatic rings. The van der Waals surface area contributed by atoms with Gasteiger partial charge >= 0.3 is 5.97 Å². The third-order valence-electron chi connectivity index (χ3n) is 5.19. The molecule has 1 aromatic heterocycles. The fourth-order valence-corrected chi connectivity index (χ4v) is 3.13. The van der Waals surface area contributed by atoms with Crippen LogP contribution in [0.15, 0.2) is 60.7 Å². The number of ether oxygens (including phenoxy) is 1. The molecule has 0 saturated heterocycles. The minimum atomic E-state index is -1.10. The van der Waals surface area contributed by atoms with E-state index in [1.165, 1.54) is 6.07 Å². The summed E-state index contributed by atoms with van der Waals surface area (Å²) in [5.74, 6) is -1.03. The molecule has 3 N–H and O–H groups in total. The van der Waals surface area contributed by atoms with Crippen LogP contribution in [0.5, 0.6) is 5.75 Å². The number of carbonyl (C=O) groups is 3. The zero-order chi connectivity index (χ0) is 23.4. The molecule has 2 aromatic carbocycles. The van der Waals surface area contributed by atoms with Crippen LogP contribution in [0.1, 0.15) is 55.3 Å². The second-order valence-electron chi connectivity index (χ2n) is 7.86. The monoisotopic (exact) mass is 445 g/mol. The number of carbonyl (C=O) groups excluding carboxylic acids is 2. The second-order valence-corrected chi connectivity index (χ2v) is 7.86. The number of pyridine rings is 1. The number of aromatic nitrogens is 1. The second kappa shape index (κ2) is 9.52. The van der Waals surface area contributed by atoms with E-state index in [1.807, 2.05) is 13.0 Å². The van der Waals surface area contributed by atoms with Crippen molar-refractivity contribution in [3.05, 3.63) is 88.7 Å². The molecule has 1 aliphatic carbocycles. The van der Waals surface area contributed by atoms with Crippen LogP contribution in [0.2, 0.25) is 0 Å². The van der Waals surface area contributed by atoms with Crippen molar-refractivity contribution >= 4 is 23.5 Å². The Hall–Kier alpha value is -4.20. The minimum Gasteiger partial charge on any atom is -0.487 e. The lowest BCUT2D eigenvalue weighted by atomic mass is 10.1. The number of hydrogen-bond donors (Lipinski definition) is 3. The third-order valence-corrected chi connectivity index (χ3v) is 5.19. The molecule has 1 heterocycles. The van der Waals surface area contributed by atoms with E-state index in [0.717, 1.165) is 18.4 Å². The topological polar surface area (TPSA) is 118 Å². The average Bonchev–Trinajstić information content (AvgIpc) is 3.63. The Balaban J connectivity index is 1.38. The maximum absolute atomic E-state index is 12.7. The Morgan fingerprint density at radius 2 is 1.73 bits per heavy atom. The predicted octanol–water partition coefficient (Wildman–Crippen LogP) is 3.81. The van der Waals surface area contributed by atoms with Crippen molar-refractivity contribution in [2.24, 2.45) is 0 Å². The van der Waals surface area contributed by atoms with Gasteiger partial charge in [0.1, 0.15) is 18.1 Å². The molecule has 3 aromatic rings. The highest BCUT2D eigenvalue weighted by atomic mass is 16.5. The molecule has 8 heteroatoms. The number of nitrogens with one attached hydrogen (secondary N) is 2. The van der Waals surface area contributed by atoms with Crippen molar-refractivity contribution in [2.75, 3.05) is 5.32 Å². The van der Waals surface area contributed by atoms with Crippen molar-refractivity contribution in [3.8, 4) is 5.75 Å². The quantitative estimate of drug-likeness (QED) is 0.485. The van der Waals surface area contributed by atoms with Crippen molar-refractivity contribution in [2.45, 2.75) is 32.4 Å². The molecule has 0 atom stereocenters. The first kappa shape index (κ1) is 22.0. The van der Waals surface area contributed by atoms with Gasteiger partial charge in [0.2, 0.25) is 0 Å². The van der Waals surface area contributed by atoms with Crippen molar-refractivity contribution in [3.63, 3.8) is 0 Å². The van der Waals surface area contributed by atoms with E-state index in [2.05, 4.69) is 15.6 Å². The maximum atomic E-state index is 12.7. The molecule has 168 valence electrons. The summed E-state index contributed by atoms with van der Waals surface area (Å²) in [6.07, 6.45) is 2.01. The lowest BCUT2D eigenvalue weighted by Gasteiger charge is -2.12. The highest BCUT2D eigenvalue weighted by Crippen LogP contribution is 2.22. The van der Waals surface area contributed by atoms with Crippen LogP contribution in [-0.4, -0.2) is 33.9 Å². The van der Waals surface area contributed by atoms with Gasteiger partial charge in [-0.3, -0.25) is 9.59 Å². The molecule has 0 radical (unpaired) electrons. The van der Waals surface area contributed by atoms with Crippen LogP contribution in [-0.2, 0) is 6.61 Å². The molecule has 1 fully saturated rings. The van der Waals surface area contributed by atoms with Gasteiger partial charge in [-0.1, -0.05) is 12.1 Å². The van der Waals surface area contributed by atoms with E-state index in [9.17, 15) is 14.4 Å². The third kappa shape index (κ3) is 5.74. The summed E-state index contributed by atoms with van der Waals surface area (Å²) in [6.45, 7) is 1.96. The van der Waals surface area contributed by atoms with Gasteiger partial charge in [0.25, 0.3) is 11.8 Å². The number of hydrogen-bond acceptors (Lipinski definition) is 5. The van der Waals surface area contributed by atoms with Gasteiger partial charge in [0.15, 0.2) is 0 Å². The van der Waals surface area contributed by atoms with Crippen LogP contribution in [0.4, 0.5) is 5.69 Å². The molecule has 2 amide bonds. The highest BCUT2D eigenvalue weighted by molar-refractivity contribution is 6.05. The first-order valence-electron chi connectivity index (χ1n) is 10.5. The van der Waals surface area contributed by atoms with Gasteiger partial charge < -0.3 is 20.5 Å². The number of aryl methyl sites for hydroxylation is 1.